The largest absolute Gasteiger partial charge is 0.351 e. The quantitative estimate of drug-likeness (QED) is 0.699. The Bertz CT molecular complexity index is 706. The lowest BCUT2D eigenvalue weighted by atomic mass is 10.1. The fourth-order valence-electron chi connectivity index (χ4n) is 1.88. The Kier molecular flexibility index (Phi) is 5.92. The van der Waals surface area contributed by atoms with Gasteiger partial charge < -0.3 is 10.6 Å². The highest BCUT2D eigenvalue weighted by molar-refractivity contribution is 14.1. The molecule has 0 aliphatic heterocycles. The third-order valence-corrected chi connectivity index (χ3v) is 4.30. The van der Waals surface area contributed by atoms with Crippen LogP contribution in [0.3, 0.4) is 0 Å². The molecule has 1 unspecified atom stereocenters. The molecule has 0 fully saturated rings. The van der Waals surface area contributed by atoms with Crippen molar-refractivity contribution in [3.05, 3.63) is 51.6 Å². The zero-order valence-corrected chi connectivity index (χ0v) is 15.4. The predicted octanol–water partition coefficient (Wildman–Crippen LogP) is 4.34. The molecule has 1 aromatic heterocycles. The third kappa shape index (κ3) is 4.63. The zero-order valence-electron chi connectivity index (χ0n) is 13.2. The van der Waals surface area contributed by atoms with Crippen LogP contribution in [0.2, 0.25) is 0 Å². The van der Waals surface area contributed by atoms with Gasteiger partial charge in [-0.3, -0.25) is 9.78 Å². The van der Waals surface area contributed by atoms with Crippen molar-refractivity contribution in [2.24, 2.45) is 5.92 Å². The normalized spacial score (nSPS) is 12.1. The summed E-state index contributed by atoms with van der Waals surface area (Å²) < 4.78 is 14.8. The van der Waals surface area contributed by atoms with Crippen LogP contribution in [-0.2, 0) is 0 Å². The van der Waals surface area contributed by atoms with Crippen molar-refractivity contribution in [1.82, 2.24) is 10.3 Å². The summed E-state index contributed by atoms with van der Waals surface area (Å²) in [6, 6.07) is 6.53. The first-order chi connectivity index (χ1) is 10.9. The number of carbonyl (C=O) groups is 1. The summed E-state index contributed by atoms with van der Waals surface area (Å²) in [5, 5.41) is 5.89. The maximum absolute atomic E-state index is 14.0. The Labute approximate surface area is 149 Å². The number of nitrogens with zero attached hydrogens (tertiary/aromatic N) is 1. The number of halogens is 2. The zero-order chi connectivity index (χ0) is 17.0. The van der Waals surface area contributed by atoms with Gasteiger partial charge in [-0.05, 0) is 59.7 Å². The molecule has 1 atom stereocenters. The number of anilines is 2. The SMILES string of the molecule is CC(C)C(C)NC(=O)c1ccncc1Nc1ccc(I)cc1F. The molecule has 0 saturated carbocycles. The topological polar surface area (TPSA) is 54.0 Å². The summed E-state index contributed by atoms with van der Waals surface area (Å²) in [4.78, 5) is 16.5. The highest BCUT2D eigenvalue weighted by Crippen LogP contribution is 2.24. The first-order valence-electron chi connectivity index (χ1n) is 7.35. The molecule has 0 aliphatic rings. The maximum Gasteiger partial charge on any atom is 0.253 e. The minimum atomic E-state index is -0.373. The molecule has 4 nitrogen and oxygen atoms in total. The van der Waals surface area contributed by atoms with E-state index < -0.39 is 0 Å². The fraction of sp³-hybridized carbons (Fsp3) is 0.294. The molecule has 0 radical (unpaired) electrons. The van der Waals surface area contributed by atoms with Crippen LogP contribution in [0.5, 0.6) is 0 Å². The number of nitrogens with one attached hydrogen (secondary N) is 2. The van der Waals surface area contributed by atoms with E-state index in [1.165, 1.54) is 12.3 Å². The summed E-state index contributed by atoms with van der Waals surface area (Å²) in [5.41, 5.74) is 1.22. The molecule has 122 valence electrons. The molecule has 1 aromatic carbocycles. The lowest BCUT2D eigenvalue weighted by Crippen LogP contribution is -2.36. The number of benzene rings is 1. The Morgan fingerprint density at radius 3 is 2.61 bits per heavy atom. The van der Waals surface area contributed by atoms with Gasteiger partial charge in [-0.2, -0.15) is 0 Å². The molecule has 6 heteroatoms. The van der Waals surface area contributed by atoms with E-state index in [9.17, 15) is 9.18 Å². The van der Waals surface area contributed by atoms with Crippen molar-refractivity contribution in [1.29, 1.82) is 0 Å². The van der Waals surface area contributed by atoms with Gasteiger partial charge in [0.2, 0.25) is 0 Å². The van der Waals surface area contributed by atoms with Crippen LogP contribution in [0.25, 0.3) is 0 Å². The molecule has 0 bridgehead atoms. The minimum Gasteiger partial charge on any atom is -0.351 e. The second kappa shape index (κ2) is 7.72. The second-order valence-electron chi connectivity index (χ2n) is 5.68. The van der Waals surface area contributed by atoms with E-state index in [1.807, 2.05) is 43.4 Å². The highest BCUT2D eigenvalue weighted by atomic mass is 127. The van der Waals surface area contributed by atoms with E-state index in [0.717, 1.165) is 3.57 Å². The number of hydrogen-bond acceptors (Lipinski definition) is 3. The Balaban J connectivity index is 2.25. The van der Waals surface area contributed by atoms with Crippen LogP contribution >= 0.6 is 22.6 Å². The molecule has 2 N–H and O–H groups in total. The number of hydrogen-bond donors (Lipinski definition) is 2. The van der Waals surface area contributed by atoms with Crippen LogP contribution in [0.4, 0.5) is 15.8 Å². The van der Waals surface area contributed by atoms with Crippen LogP contribution in [0, 0.1) is 15.3 Å². The number of carbonyl (C=O) groups excluding carboxylic acids is 1. The molecule has 1 amide bonds. The Morgan fingerprint density at radius 2 is 1.96 bits per heavy atom. The van der Waals surface area contributed by atoms with Gasteiger partial charge >= 0.3 is 0 Å². The predicted molar refractivity (Wildman–Crippen MR) is 98.4 cm³/mol. The van der Waals surface area contributed by atoms with E-state index in [1.54, 1.807) is 24.4 Å². The van der Waals surface area contributed by atoms with Crippen molar-refractivity contribution in [3.8, 4) is 0 Å². The third-order valence-electron chi connectivity index (χ3n) is 3.62. The smallest absolute Gasteiger partial charge is 0.253 e. The van der Waals surface area contributed by atoms with Gasteiger partial charge in [0.05, 0.1) is 23.1 Å². The second-order valence-corrected chi connectivity index (χ2v) is 6.92. The standard InChI is InChI=1S/C17H19FIN3O/c1-10(2)11(3)21-17(23)13-6-7-20-9-16(13)22-15-5-4-12(19)8-14(15)18/h4-11,22H,1-3H3,(H,21,23). The van der Waals surface area contributed by atoms with Gasteiger partial charge in [-0.25, -0.2) is 4.39 Å². The van der Waals surface area contributed by atoms with Gasteiger partial charge in [0.1, 0.15) is 5.82 Å². The minimum absolute atomic E-state index is 0.0403. The fourth-order valence-corrected chi connectivity index (χ4v) is 2.33. The lowest BCUT2D eigenvalue weighted by molar-refractivity contribution is 0.0931. The van der Waals surface area contributed by atoms with Crippen LogP contribution in [0.1, 0.15) is 31.1 Å². The van der Waals surface area contributed by atoms with Gasteiger partial charge in [-0.15, -0.1) is 0 Å². The van der Waals surface area contributed by atoms with E-state index in [-0.39, 0.29) is 17.8 Å². The first kappa shape index (κ1) is 17.7. The number of aromatic nitrogens is 1. The molecule has 2 aromatic rings. The van der Waals surface area contributed by atoms with Gasteiger partial charge in [-0.1, -0.05) is 13.8 Å². The monoisotopic (exact) mass is 427 g/mol. The maximum atomic E-state index is 14.0. The van der Waals surface area contributed by atoms with Crippen molar-refractivity contribution in [2.45, 2.75) is 26.8 Å². The highest BCUT2D eigenvalue weighted by Gasteiger charge is 2.16. The van der Waals surface area contributed by atoms with E-state index in [2.05, 4.69) is 15.6 Å². The average molecular weight is 427 g/mol. The number of pyridine rings is 1. The van der Waals surface area contributed by atoms with Crippen molar-refractivity contribution in [2.75, 3.05) is 5.32 Å². The summed E-state index contributed by atoms with van der Waals surface area (Å²) >= 11 is 2.05. The molecule has 0 spiro atoms. The molecule has 0 saturated heterocycles. The summed E-state index contributed by atoms with van der Waals surface area (Å²) in [7, 11) is 0. The van der Waals surface area contributed by atoms with E-state index in [4.69, 9.17) is 0 Å². The summed E-state index contributed by atoms with van der Waals surface area (Å²) in [6.07, 6.45) is 3.07. The molecular formula is C17H19FIN3O. The number of rotatable bonds is 5. The van der Waals surface area contributed by atoms with E-state index in [0.29, 0.717) is 22.9 Å². The van der Waals surface area contributed by atoms with Crippen LogP contribution < -0.4 is 10.6 Å². The molecule has 2 rings (SSSR count). The number of amides is 1. The van der Waals surface area contributed by atoms with Crippen LogP contribution in [0.15, 0.2) is 36.7 Å². The lowest BCUT2D eigenvalue weighted by Gasteiger charge is -2.19. The molecule has 0 aliphatic carbocycles. The summed E-state index contributed by atoms with van der Waals surface area (Å²) in [5.74, 6) is -0.254. The molecule has 23 heavy (non-hydrogen) atoms. The average Bonchev–Trinajstić information content (AvgIpc) is 2.50. The van der Waals surface area contributed by atoms with Crippen molar-refractivity contribution < 1.29 is 9.18 Å². The van der Waals surface area contributed by atoms with Gasteiger partial charge in [0.25, 0.3) is 5.91 Å². The van der Waals surface area contributed by atoms with Crippen molar-refractivity contribution in [3.63, 3.8) is 0 Å². The Hall–Kier alpha value is -1.70. The summed E-state index contributed by atoms with van der Waals surface area (Å²) in [6.45, 7) is 6.03. The van der Waals surface area contributed by atoms with E-state index >= 15 is 0 Å². The Morgan fingerprint density at radius 1 is 1.22 bits per heavy atom. The molecule has 1 heterocycles. The van der Waals surface area contributed by atoms with Crippen LogP contribution in [-0.4, -0.2) is 16.9 Å². The van der Waals surface area contributed by atoms with Crippen molar-refractivity contribution >= 4 is 39.9 Å². The van der Waals surface area contributed by atoms with Gasteiger partial charge in [0.15, 0.2) is 0 Å². The molecular weight excluding hydrogens is 408 g/mol. The van der Waals surface area contributed by atoms with Gasteiger partial charge in [0, 0.05) is 15.8 Å². The first-order valence-corrected chi connectivity index (χ1v) is 8.43.